The average molecular weight is 562 g/mol. The van der Waals surface area contributed by atoms with E-state index in [1.807, 2.05) is 24.3 Å². The highest BCUT2D eigenvalue weighted by atomic mass is 16.7. The molecule has 0 bridgehead atoms. The van der Waals surface area contributed by atoms with Crippen molar-refractivity contribution in [2.45, 2.75) is 90.5 Å². The summed E-state index contributed by atoms with van der Waals surface area (Å²) in [6.45, 7) is 5.87. The molecule has 218 valence electrons. The average Bonchev–Trinajstić information content (AvgIpc) is 3.36. The van der Waals surface area contributed by atoms with Gasteiger partial charge in [0, 0.05) is 42.8 Å². The van der Waals surface area contributed by atoms with E-state index in [0.29, 0.717) is 5.56 Å². The van der Waals surface area contributed by atoms with Gasteiger partial charge in [0.15, 0.2) is 12.2 Å². The van der Waals surface area contributed by atoms with E-state index in [9.17, 15) is 24.0 Å². The molecule has 40 heavy (non-hydrogen) atoms. The van der Waals surface area contributed by atoms with Crippen LogP contribution in [0.4, 0.5) is 0 Å². The first-order chi connectivity index (χ1) is 19.2. The van der Waals surface area contributed by atoms with Gasteiger partial charge in [-0.3, -0.25) is 24.0 Å². The topological polar surface area (TPSA) is 157 Å². The third kappa shape index (κ3) is 7.81. The van der Waals surface area contributed by atoms with Gasteiger partial charge >= 0.3 is 29.8 Å². The first kappa shape index (κ1) is 30.6. The Bertz CT molecular complexity index is 1210. The quantitative estimate of drug-likeness (QED) is 0.300. The third-order valence-electron chi connectivity index (χ3n) is 6.21. The molecular weight excluding hydrogens is 526 g/mol. The van der Waals surface area contributed by atoms with Crippen molar-refractivity contribution >= 4 is 40.7 Å². The SMILES string of the molecule is CCC(=O)OC[C@H]1O[C@H](OC(=O)Cc2c[nH]c3ccccc23)[C@H](OC(=O)CC)[C@@H](OC(=O)CC)[C@@H]1OC(=O)CC. The van der Waals surface area contributed by atoms with E-state index in [1.165, 1.54) is 0 Å². The maximum absolute atomic E-state index is 13.1. The Morgan fingerprint density at radius 2 is 1.30 bits per heavy atom. The summed E-state index contributed by atoms with van der Waals surface area (Å²) in [5, 5.41) is 0.823. The van der Waals surface area contributed by atoms with Crippen LogP contribution in [0.3, 0.4) is 0 Å². The number of nitrogens with one attached hydrogen (secondary N) is 1. The molecule has 1 aliphatic rings. The molecule has 1 fully saturated rings. The number of aromatic amines is 1. The maximum Gasteiger partial charge on any atom is 0.312 e. The summed E-state index contributed by atoms with van der Waals surface area (Å²) in [7, 11) is 0. The molecule has 12 heteroatoms. The molecule has 0 saturated carbocycles. The lowest BCUT2D eigenvalue weighted by Crippen LogP contribution is -2.63. The molecule has 12 nitrogen and oxygen atoms in total. The minimum absolute atomic E-state index is 0.0190. The number of hydrogen-bond donors (Lipinski definition) is 1. The molecular formula is C28H35NO11. The van der Waals surface area contributed by atoms with Crippen molar-refractivity contribution in [1.82, 2.24) is 4.98 Å². The van der Waals surface area contributed by atoms with E-state index in [2.05, 4.69) is 4.98 Å². The number of aromatic nitrogens is 1. The van der Waals surface area contributed by atoms with Crippen molar-refractivity contribution in [3.8, 4) is 0 Å². The van der Waals surface area contributed by atoms with Crippen molar-refractivity contribution in [2.75, 3.05) is 6.61 Å². The molecule has 0 spiro atoms. The zero-order valence-electron chi connectivity index (χ0n) is 23.0. The van der Waals surface area contributed by atoms with Crippen LogP contribution in [0.25, 0.3) is 10.9 Å². The summed E-state index contributed by atoms with van der Waals surface area (Å²) in [6, 6.07) is 7.40. The number of para-hydroxylation sites is 1. The fourth-order valence-corrected chi connectivity index (χ4v) is 4.10. The van der Waals surface area contributed by atoms with Crippen LogP contribution in [0, 0.1) is 0 Å². The van der Waals surface area contributed by atoms with Crippen LogP contribution >= 0.6 is 0 Å². The summed E-state index contributed by atoms with van der Waals surface area (Å²) >= 11 is 0. The summed E-state index contributed by atoms with van der Waals surface area (Å²) in [5.74, 6) is -3.32. The molecule has 1 aromatic carbocycles. The maximum atomic E-state index is 13.1. The summed E-state index contributed by atoms with van der Waals surface area (Å²) in [6.07, 6.45) is -5.49. The lowest BCUT2D eigenvalue weighted by molar-refractivity contribution is -0.301. The molecule has 1 aromatic heterocycles. The van der Waals surface area contributed by atoms with Gasteiger partial charge in [-0.1, -0.05) is 45.9 Å². The van der Waals surface area contributed by atoms with Crippen LogP contribution < -0.4 is 0 Å². The van der Waals surface area contributed by atoms with Crippen LogP contribution in [0.1, 0.15) is 58.9 Å². The Labute approximate surface area is 231 Å². The monoisotopic (exact) mass is 561 g/mol. The Kier molecular flexibility index (Phi) is 11.1. The molecule has 1 N–H and O–H groups in total. The molecule has 1 saturated heterocycles. The molecule has 1 aliphatic heterocycles. The second kappa shape index (κ2) is 14.5. The predicted octanol–water partition coefficient (Wildman–Crippen LogP) is 2.90. The van der Waals surface area contributed by atoms with Gasteiger partial charge in [-0.05, 0) is 11.6 Å². The highest BCUT2D eigenvalue weighted by molar-refractivity contribution is 5.87. The Morgan fingerprint density at radius 3 is 1.93 bits per heavy atom. The van der Waals surface area contributed by atoms with E-state index >= 15 is 0 Å². The van der Waals surface area contributed by atoms with Gasteiger partial charge in [-0.2, -0.15) is 0 Å². The van der Waals surface area contributed by atoms with Crippen LogP contribution in [-0.2, 0) is 58.8 Å². The number of carbonyl (C=O) groups excluding carboxylic acids is 5. The number of rotatable bonds is 12. The molecule has 3 rings (SSSR count). The first-order valence-electron chi connectivity index (χ1n) is 13.3. The molecule has 2 aromatic rings. The number of hydrogen-bond acceptors (Lipinski definition) is 11. The van der Waals surface area contributed by atoms with Crippen molar-refractivity contribution in [3.63, 3.8) is 0 Å². The molecule has 0 aliphatic carbocycles. The fourth-order valence-electron chi connectivity index (χ4n) is 4.10. The normalized spacial score (nSPS) is 22.2. The molecule has 2 heterocycles. The molecule has 0 amide bonds. The highest BCUT2D eigenvalue weighted by Gasteiger charge is 2.54. The number of esters is 5. The number of benzene rings is 1. The second-order valence-electron chi connectivity index (χ2n) is 9.03. The Balaban J connectivity index is 1.95. The number of fused-ring (bicyclic) bond motifs is 1. The number of H-pyrrole nitrogens is 1. The third-order valence-corrected chi connectivity index (χ3v) is 6.21. The van der Waals surface area contributed by atoms with Gasteiger partial charge in [0.2, 0.25) is 12.4 Å². The largest absolute Gasteiger partial charge is 0.463 e. The van der Waals surface area contributed by atoms with Gasteiger partial charge in [0.05, 0.1) is 6.42 Å². The van der Waals surface area contributed by atoms with E-state index in [4.69, 9.17) is 28.4 Å². The zero-order valence-corrected chi connectivity index (χ0v) is 23.0. The standard InChI is InChI=1S/C28H35NO11/c1-5-20(30)35-15-19-25(37-21(31)6-2)26(38-22(32)7-3)27(39-23(33)8-4)28(36-19)40-24(34)13-16-14-29-18-12-10-9-11-17(16)18/h9-12,14,19,25-29H,5-8,13,15H2,1-4H3/t19-,25-,26+,27-,28-/m1/s1. The van der Waals surface area contributed by atoms with Crippen molar-refractivity contribution in [1.29, 1.82) is 0 Å². The van der Waals surface area contributed by atoms with Gasteiger partial charge in [-0.15, -0.1) is 0 Å². The van der Waals surface area contributed by atoms with Gasteiger partial charge in [-0.25, -0.2) is 0 Å². The van der Waals surface area contributed by atoms with Gasteiger partial charge in [0.25, 0.3) is 0 Å². The minimum atomic E-state index is -1.57. The summed E-state index contributed by atoms with van der Waals surface area (Å²) in [4.78, 5) is 65.2. The molecule has 0 unspecified atom stereocenters. The van der Waals surface area contributed by atoms with Crippen molar-refractivity contribution < 1.29 is 52.4 Å². The number of carbonyl (C=O) groups is 5. The molecule has 5 atom stereocenters. The van der Waals surface area contributed by atoms with E-state index in [-0.39, 0.29) is 32.1 Å². The Morgan fingerprint density at radius 1 is 0.725 bits per heavy atom. The minimum Gasteiger partial charge on any atom is -0.463 e. The van der Waals surface area contributed by atoms with E-state index in [1.54, 1.807) is 33.9 Å². The lowest BCUT2D eigenvalue weighted by atomic mass is 9.98. The second-order valence-corrected chi connectivity index (χ2v) is 9.03. The fraction of sp³-hybridized carbons (Fsp3) is 0.536. The van der Waals surface area contributed by atoms with Gasteiger partial charge < -0.3 is 33.4 Å². The number of ether oxygens (including phenoxy) is 6. The van der Waals surface area contributed by atoms with E-state index in [0.717, 1.165) is 10.9 Å². The van der Waals surface area contributed by atoms with Crippen LogP contribution in [-0.4, -0.2) is 72.1 Å². The summed E-state index contributed by atoms with van der Waals surface area (Å²) < 4.78 is 33.5. The van der Waals surface area contributed by atoms with E-state index < -0.39 is 67.2 Å². The summed E-state index contributed by atoms with van der Waals surface area (Å²) in [5.41, 5.74) is 1.49. The van der Waals surface area contributed by atoms with Gasteiger partial charge in [0.1, 0.15) is 12.7 Å². The zero-order chi connectivity index (χ0) is 29.2. The predicted molar refractivity (Wildman–Crippen MR) is 139 cm³/mol. The van der Waals surface area contributed by atoms with Crippen LogP contribution in [0.2, 0.25) is 0 Å². The van der Waals surface area contributed by atoms with Crippen LogP contribution in [0.5, 0.6) is 0 Å². The first-order valence-corrected chi connectivity index (χ1v) is 13.3. The lowest BCUT2D eigenvalue weighted by Gasteiger charge is -2.43. The van der Waals surface area contributed by atoms with Crippen molar-refractivity contribution in [3.05, 3.63) is 36.0 Å². The highest BCUT2D eigenvalue weighted by Crippen LogP contribution is 2.31. The van der Waals surface area contributed by atoms with Crippen molar-refractivity contribution in [2.24, 2.45) is 0 Å². The molecule has 0 radical (unpaired) electrons. The smallest absolute Gasteiger partial charge is 0.312 e. The Hall–Kier alpha value is -3.93. The van der Waals surface area contributed by atoms with Crippen LogP contribution in [0.15, 0.2) is 30.5 Å².